The summed E-state index contributed by atoms with van der Waals surface area (Å²) in [6.45, 7) is -0.279. The number of thiazole rings is 1. The number of amides is 3. The van der Waals surface area contributed by atoms with E-state index >= 15 is 0 Å². The Morgan fingerprint density at radius 2 is 2.00 bits per heavy atom. The van der Waals surface area contributed by atoms with Crippen molar-refractivity contribution < 1.29 is 28.6 Å². The molecule has 1 atom stereocenters. The highest BCUT2D eigenvalue weighted by Gasteiger charge is 2.23. The zero-order chi connectivity index (χ0) is 24.7. The van der Waals surface area contributed by atoms with E-state index in [0.29, 0.717) is 10.7 Å². The number of nitrogens with one attached hydrogen (secondary N) is 2. The van der Waals surface area contributed by atoms with E-state index in [4.69, 9.17) is 21.4 Å². The number of aliphatic carboxylic acids is 1. The molecule has 1 heterocycles. The number of carbonyl (C=O) groups is 3. The third-order valence-electron chi connectivity index (χ3n) is 4.93. The monoisotopic (exact) mass is 508 g/mol. The van der Waals surface area contributed by atoms with E-state index in [-0.39, 0.29) is 31.0 Å². The maximum atomic E-state index is 13.6. The molecule has 0 spiro atoms. The Morgan fingerprint density at radius 1 is 1.24 bits per heavy atom. The largest absolute Gasteiger partial charge is 0.481 e. The van der Waals surface area contributed by atoms with Gasteiger partial charge in [0.25, 0.3) is 0 Å². The Morgan fingerprint density at radius 3 is 2.74 bits per heavy atom. The van der Waals surface area contributed by atoms with Crippen LogP contribution < -0.4 is 10.6 Å². The molecule has 180 valence electrons. The number of urea groups is 1. The van der Waals surface area contributed by atoms with Gasteiger partial charge in [-0.15, -0.1) is 0 Å². The number of carboxylic acid groups (broad SMARTS) is 1. The number of ether oxygens (including phenoxy) is 1. The smallest absolute Gasteiger partial charge is 0.413 e. The molecule has 34 heavy (non-hydrogen) atoms. The van der Waals surface area contributed by atoms with Crippen molar-refractivity contribution in [1.82, 2.24) is 15.2 Å². The van der Waals surface area contributed by atoms with Crippen LogP contribution in [0.4, 0.5) is 19.1 Å². The molecule has 0 bridgehead atoms. The van der Waals surface area contributed by atoms with Crippen LogP contribution in [0.5, 0.6) is 0 Å². The molecule has 2 aromatic carbocycles. The topological polar surface area (TPSA) is 121 Å². The number of benzene rings is 2. The van der Waals surface area contributed by atoms with Gasteiger partial charge in [0.1, 0.15) is 12.4 Å². The van der Waals surface area contributed by atoms with Gasteiger partial charge in [0.15, 0.2) is 5.13 Å². The van der Waals surface area contributed by atoms with Gasteiger partial charge >= 0.3 is 18.1 Å². The van der Waals surface area contributed by atoms with Crippen molar-refractivity contribution in [3.05, 3.63) is 58.9 Å². The Labute approximate surface area is 203 Å². The number of aromatic nitrogens is 1. The summed E-state index contributed by atoms with van der Waals surface area (Å²) in [6, 6.07) is 10.3. The molecule has 3 amide bonds. The van der Waals surface area contributed by atoms with Crippen molar-refractivity contribution in [2.45, 2.75) is 25.4 Å². The first-order valence-corrected chi connectivity index (χ1v) is 11.4. The Hall–Kier alpha value is -3.44. The van der Waals surface area contributed by atoms with E-state index in [9.17, 15) is 18.8 Å². The number of nitrogens with zero attached hydrogens (tertiary/aromatic N) is 2. The van der Waals surface area contributed by atoms with Gasteiger partial charge in [-0.3, -0.25) is 10.1 Å². The SMILES string of the molecule is CN(C(=O)NCc1cccc(F)c1Cl)C(CCC(=O)O)COC(=O)Nc1nc2ccccc2s1. The van der Waals surface area contributed by atoms with Gasteiger partial charge in [-0.2, -0.15) is 0 Å². The Kier molecular flexibility index (Phi) is 8.61. The van der Waals surface area contributed by atoms with E-state index in [0.717, 1.165) is 10.2 Å². The number of carboxylic acids is 1. The summed E-state index contributed by atoms with van der Waals surface area (Å²) in [5.74, 6) is -1.65. The maximum absolute atomic E-state index is 13.6. The van der Waals surface area contributed by atoms with Crippen molar-refractivity contribution in [2.75, 3.05) is 19.0 Å². The molecule has 3 rings (SSSR count). The number of anilines is 1. The average Bonchev–Trinajstić information content (AvgIpc) is 3.21. The van der Waals surface area contributed by atoms with Gasteiger partial charge in [-0.05, 0) is 30.2 Å². The minimum Gasteiger partial charge on any atom is -0.481 e. The minimum absolute atomic E-state index is 0.0373. The maximum Gasteiger partial charge on any atom is 0.413 e. The molecular weight excluding hydrogens is 487 g/mol. The van der Waals surface area contributed by atoms with Gasteiger partial charge in [-0.1, -0.05) is 47.2 Å². The molecule has 9 nitrogen and oxygen atoms in total. The molecule has 1 unspecified atom stereocenters. The van der Waals surface area contributed by atoms with E-state index in [2.05, 4.69) is 15.6 Å². The molecule has 0 aliphatic carbocycles. The third-order valence-corrected chi connectivity index (χ3v) is 6.31. The molecule has 0 saturated carbocycles. The van der Waals surface area contributed by atoms with E-state index < -0.39 is 30.0 Å². The van der Waals surface area contributed by atoms with Gasteiger partial charge < -0.3 is 20.1 Å². The fraction of sp³-hybridized carbons (Fsp3) is 0.273. The van der Waals surface area contributed by atoms with Crippen molar-refractivity contribution in [1.29, 1.82) is 0 Å². The van der Waals surface area contributed by atoms with E-state index in [1.54, 1.807) is 6.07 Å². The third kappa shape index (κ3) is 6.78. The van der Waals surface area contributed by atoms with Gasteiger partial charge in [0, 0.05) is 20.0 Å². The predicted octanol–water partition coefficient (Wildman–Crippen LogP) is 4.71. The number of rotatable bonds is 9. The van der Waals surface area contributed by atoms with Crippen LogP contribution in [0.1, 0.15) is 18.4 Å². The molecule has 0 saturated heterocycles. The molecule has 1 aromatic heterocycles. The standard InChI is InChI=1S/C22H22ClFN4O5S/c1-28(21(31)25-11-13-5-4-6-15(24)19(13)23)14(9-10-18(29)30)12-33-22(32)27-20-26-16-7-2-3-8-17(16)34-20/h2-8,14H,9-12H2,1H3,(H,25,31)(H,29,30)(H,26,27,32). The highest BCUT2D eigenvalue weighted by molar-refractivity contribution is 7.22. The van der Waals surface area contributed by atoms with Crippen molar-refractivity contribution in [2.24, 2.45) is 0 Å². The lowest BCUT2D eigenvalue weighted by atomic mass is 10.1. The van der Waals surface area contributed by atoms with Crippen molar-refractivity contribution in [3.63, 3.8) is 0 Å². The zero-order valence-electron chi connectivity index (χ0n) is 18.1. The summed E-state index contributed by atoms with van der Waals surface area (Å²) in [5, 5.41) is 14.4. The second kappa shape index (κ2) is 11.6. The molecular formula is C22H22ClFN4O5S. The highest BCUT2D eigenvalue weighted by Crippen LogP contribution is 2.25. The average molecular weight is 509 g/mol. The number of hydrogen-bond donors (Lipinski definition) is 3. The number of para-hydroxylation sites is 1. The molecule has 0 aliphatic heterocycles. The number of carbonyl (C=O) groups excluding carboxylic acids is 2. The van der Waals surface area contributed by atoms with Crippen LogP contribution in [-0.4, -0.2) is 52.8 Å². The molecule has 12 heteroatoms. The van der Waals surface area contributed by atoms with Crippen molar-refractivity contribution >= 4 is 56.4 Å². The molecule has 0 fully saturated rings. The van der Waals surface area contributed by atoms with Crippen LogP contribution in [0, 0.1) is 5.82 Å². The fourth-order valence-corrected chi connectivity index (χ4v) is 4.09. The molecule has 3 N–H and O–H groups in total. The van der Waals surface area contributed by atoms with Crippen LogP contribution in [0.3, 0.4) is 0 Å². The number of fused-ring (bicyclic) bond motifs is 1. The first-order chi connectivity index (χ1) is 16.2. The van der Waals surface area contributed by atoms with E-state index in [1.807, 2.05) is 24.3 Å². The quantitative estimate of drug-likeness (QED) is 0.385. The van der Waals surface area contributed by atoms with Crippen LogP contribution in [0.15, 0.2) is 42.5 Å². The summed E-state index contributed by atoms with van der Waals surface area (Å²) < 4.78 is 19.7. The summed E-state index contributed by atoms with van der Waals surface area (Å²) >= 11 is 7.19. The van der Waals surface area contributed by atoms with Crippen molar-refractivity contribution in [3.8, 4) is 0 Å². The Bertz CT molecular complexity index is 1160. The van der Waals surface area contributed by atoms with E-state index in [1.165, 1.54) is 35.4 Å². The van der Waals surface area contributed by atoms with Crippen LogP contribution in [-0.2, 0) is 16.1 Å². The van der Waals surface area contributed by atoms with Crippen LogP contribution >= 0.6 is 22.9 Å². The summed E-state index contributed by atoms with van der Waals surface area (Å²) in [7, 11) is 1.45. The first-order valence-electron chi connectivity index (χ1n) is 10.2. The normalized spacial score (nSPS) is 11.6. The lowest BCUT2D eigenvalue weighted by molar-refractivity contribution is -0.137. The number of likely N-dealkylation sites (N-methyl/N-ethyl adjacent to an activating group) is 1. The summed E-state index contributed by atoms with van der Waals surface area (Å²) in [5.41, 5.74) is 1.12. The lowest BCUT2D eigenvalue weighted by Crippen LogP contribution is -2.46. The zero-order valence-corrected chi connectivity index (χ0v) is 19.7. The van der Waals surface area contributed by atoms with Gasteiger partial charge in [0.2, 0.25) is 0 Å². The Balaban J connectivity index is 1.58. The molecule has 0 aliphatic rings. The molecule has 0 radical (unpaired) electrons. The number of halogens is 2. The predicted molar refractivity (Wildman–Crippen MR) is 127 cm³/mol. The lowest BCUT2D eigenvalue weighted by Gasteiger charge is -2.27. The second-order valence-electron chi connectivity index (χ2n) is 7.28. The molecule has 3 aromatic rings. The van der Waals surface area contributed by atoms with Gasteiger partial charge in [0.05, 0.1) is 21.3 Å². The fourth-order valence-electron chi connectivity index (χ4n) is 3.05. The summed E-state index contributed by atoms with van der Waals surface area (Å²) in [4.78, 5) is 41.4. The van der Waals surface area contributed by atoms with Crippen LogP contribution in [0.2, 0.25) is 5.02 Å². The first kappa shape index (κ1) is 25.2. The van der Waals surface area contributed by atoms with Crippen LogP contribution in [0.25, 0.3) is 10.2 Å². The van der Waals surface area contributed by atoms with Gasteiger partial charge in [-0.25, -0.2) is 19.0 Å². The minimum atomic E-state index is -1.05. The highest BCUT2D eigenvalue weighted by atomic mass is 35.5. The summed E-state index contributed by atoms with van der Waals surface area (Å²) in [6.07, 6.45) is -0.963. The second-order valence-corrected chi connectivity index (χ2v) is 8.69. The number of hydrogen-bond acceptors (Lipinski definition) is 6.